The van der Waals surface area contributed by atoms with Crippen molar-refractivity contribution in [3.05, 3.63) is 45.1 Å². The monoisotopic (exact) mass is 264 g/mol. The van der Waals surface area contributed by atoms with E-state index < -0.39 is 4.92 Å². The molecule has 0 spiro atoms. The Morgan fingerprint density at radius 3 is 2.83 bits per heavy atom. The Kier molecular flexibility index (Phi) is 3.48. The Labute approximate surface area is 110 Å². The highest BCUT2D eigenvalue weighted by Gasteiger charge is 2.16. The number of fused-ring (bicyclic) bond motifs is 1. The molecule has 0 saturated heterocycles. The lowest BCUT2D eigenvalue weighted by Gasteiger charge is -2.10. The summed E-state index contributed by atoms with van der Waals surface area (Å²) in [5.74, 6) is 0.393. The van der Waals surface area contributed by atoms with Crippen LogP contribution in [0.15, 0.2) is 24.4 Å². The van der Waals surface area contributed by atoms with Crippen LogP contribution < -0.4 is 0 Å². The van der Waals surface area contributed by atoms with Gasteiger partial charge in [0.15, 0.2) is 0 Å². The van der Waals surface area contributed by atoms with Crippen LogP contribution >= 0.6 is 11.6 Å². The second-order valence-corrected chi connectivity index (χ2v) is 4.68. The molecule has 1 aromatic carbocycles. The Morgan fingerprint density at radius 2 is 2.22 bits per heavy atom. The fourth-order valence-corrected chi connectivity index (χ4v) is 2.11. The van der Waals surface area contributed by atoms with E-state index in [-0.39, 0.29) is 10.7 Å². The first kappa shape index (κ1) is 12.8. The smallest absolute Gasteiger partial charge is 0.258 e. The molecule has 5 heteroatoms. The normalized spacial score (nSPS) is 12.6. The molecule has 1 atom stereocenters. The molecule has 1 aromatic heterocycles. The van der Waals surface area contributed by atoms with Gasteiger partial charge >= 0.3 is 5.69 Å². The standard InChI is InChI=1S/C13H13ClN2O2/c1-3-8(2)9-4-5-11-10(6-9)13(14)12(7-15-11)16(17)18/h4-8H,3H2,1-2H3. The van der Waals surface area contributed by atoms with Crippen molar-refractivity contribution in [2.24, 2.45) is 0 Å². The van der Waals surface area contributed by atoms with E-state index >= 15 is 0 Å². The van der Waals surface area contributed by atoms with Crippen molar-refractivity contribution >= 4 is 28.2 Å². The summed E-state index contributed by atoms with van der Waals surface area (Å²) in [6.45, 7) is 4.21. The first-order chi connectivity index (χ1) is 8.54. The number of nitrogens with zero attached hydrogens (tertiary/aromatic N) is 2. The molecule has 1 unspecified atom stereocenters. The first-order valence-corrected chi connectivity index (χ1v) is 6.15. The molecule has 18 heavy (non-hydrogen) atoms. The molecule has 0 saturated carbocycles. The van der Waals surface area contributed by atoms with Crippen LogP contribution in [-0.4, -0.2) is 9.91 Å². The van der Waals surface area contributed by atoms with Gasteiger partial charge in [-0.1, -0.05) is 31.5 Å². The van der Waals surface area contributed by atoms with Crippen molar-refractivity contribution in [2.75, 3.05) is 0 Å². The summed E-state index contributed by atoms with van der Waals surface area (Å²) in [4.78, 5) is 14.4. The Hall–Kier alpha value is -1.68. The first-order valence-electron chi connectivity index (χ1n) is 5.77. The zero-order valence-electron chi connectivity index (χ0n) is 10.2. The largest absolute Gasteiger partial charge is 0.306 e. The number of halogens is 1. The van der Waals surface area contributed by atoms with Gasteiger partial charge in [0, 0.05) is 5.39 Å². The molecule has 0 fully saturated rings. The lowest BCUT2D eigenvalue weighted by atomic mass is 9.97. The third-order valence-electron chi connectivity index (χ3n) is 3.19. The lowest BCUT2D eigenvalue weighted by molar-refractivity contribution is -0.384. The third-order valence-corrected chi connectivity index (χ3v) is 3.58. The fourth-order valence-electron chi connectivity index (χ4n) is 1.84. The van der Waals surface area contributed by atoms with Crippen LogP contribution in [-0.2, 0) is 0 Å². The molecule has 1 heterocycles. The van der Waals surface area contributed by atoms with E-state index in [0.717, 1.165) is 12.0 Å². The second kappa shape index (κ2) is 4.90. The minimum atomic E-state index is -0.509. The van der Waals surface area contributed by atoms with Gasteiger partial charge in [0.1, 0.15) is 11.2 Å². The second-order valence-electron chi connectivity index (χ2n) is 4.30. The van der Waals surface area contributed by atoms with Gasteiger partial charge in [0.25, 0.3) is 0 Å². The summed E-state index contributed by atoms with van der Waals surface area (Å²) in [5, 5.41) is 11.6. The van der Waals surface area contributed by atoms with Gasteiger partial charge < -0.3 is 0 Å². The highest BCUT2D eigenvalue weighted by atomic mass is 35.5. The van der Waals surface area contributed by atoms with Crippen LogP contribution in [0.2, 0.25) is 5.02 Å². The van der Waals surface area contributed by atoms with Crippen molar-refractivity contribution in [1.82, 2.24) is 4.98 Å². The van der Waals surface area contributed by atoms with Gasteiger partial charge in [0.05, 0.1) is 10.4 Å². The van der Waals surface area contributed by atoms with Crippen LogP contribution in [0.4, 0.5) is 5.69 Å². The number of pyridine rings is 1. The molecule has 0 bridgehead atoms. The fraction of sp³-hybridized carbons (Fsp3) is 0.308. The van der Waals surface area contributed by atoms with Crippen molar-refractivity contribution in [3.8, 4) is 0 Å². The van der Waals surface area contributed by atoms with E-state index in [1.165, 1.54) is 6.20 Å². The molecule has 0 amide bonds. The molecule has 0 aliphatic heterocycles. The zero-order valence-corrected chi connectivity index (χ0v) is 10.9. The summed E-state index contributed by atoms with van der Waals surface area (Å²) in [6, 6.07) is 5.74. The molecule has 0 N–H and O–H groups in total. The predicted molar refractivity (Wildman–Crippen MR) is 72.1 cm³/mol. The average Bonchev–Trinajstić information content (AvgIpc) is 2.37. The van der Waals surface area contributed by atoms with Crippen LogP contribution in [0.25, 0.3) is 10.9 Å². The number of rotatable bonds is 3. The Balaban J connectivity index is 2.66. The van der Waals surface area contributed by atoms with Gasteiger partial charge in [-0.25, -0.2) is 4.98 Å². The van der Waals surface area contributed by atoms with Crippen LogP contribution in [0.3, 0.4) is 0 Å². The van der Waals surface area contributed by atoms with E-state index in [0.29, 0.717) is 16.8 Å². The van der Waals surface area contributed by atoms with Crippen LogP contribution in [0.1, 0.15) is 31.7 Å². The minimum Gasteiger partial charge on any atom is -0.258 e. The molecule has 0 radical (unpaired) electrons. The predicted octanol–water partition coefficient (Wildman–Crippen LogP) is 4.31. The maximum absolute atomic E-state index is 10.8. The average molecular weight is 265 g/mol. The molecule has 2 aromatic rings. The number of hydrogen-bond acceptors (Lipinski definition) is 3. The van der Waals surface area contributed by atoms with E-state index in [4.69, 9.17) is 11.6 Å². The lowest BCUT2D eigenvalue weighted by Crippen LogP contribution is -1.95. The third kappa shape index (κ3) is 2.16. The minimum absolute atomic E-state index is 0.148. The SMILES string of the molecule is CCC(C)c1ccc2ncc([N+](=O)[O-])c(Cl)c2c1. The maximum atomic E-state index is 10.8. The van der Waals surface area contributed by atoms with Gasteiger partial charge in [-0.2, -0.15) is 0 Å². The summed E-state index contributed by atoms with van der Waals surface area (Å²) >= 11 is 6.07. The topological polar surface area (TPSA) is 56.0 Å². The van der Waals surface area contributed by atoms with Gasteiger partial charge in [-0.15, -0.1) is 0 Å². The summed E-state index contributed by atoms with van der Waals surface area (Å²) in [5.41, 5.74) is 1.65. The van der Waals surface area contributed by atoms with Crippen molar-refractivity contribution in [1.29, 1.82) is 0 Å². The van der Waals surface area contributed by atoms with Gasteiger partial charge in [0.2, 0.25) is 0 Å². The summed E-state index contributed by atoms with van der Waals surface area (Å²) in [7, 11) is 0. The van der Waals surface area contributed by atoms with E-state index in [1.807, 2.05) is 18.2 Å². The van der Waals surface area contributed by atoms with E-state index in [9.17, 15) is 10.1 Å². The van der Waals surface area contributed by atoms with Crippen molar-refractivity contribution < 1.29 is 4.92 Å². The molecule has 4 nitrogen and oxygen atoms in total. The zero-order chi connectivity index (χ0) is 13.3. The van der Waals surface area contributed by atoms with Crippen molar-refractivity contribution in [2.45, 2.75) is 26.2 Å². The molecular formula is C13H13ClN2O2. The molecule has 0 aliphatic rings. The highest BCUT2D eigenvalue weighted by molar-refractivity contribution is 6.37. The number of hydrogen-bond donors (Lipinski definition) is 0. The van der Waals surface area contributed by atoms with E-state index in [1.54, 1.807) is 0 Å². The van der Waals surface area contributed by atoms with Crippen molar-refractivity contribution in [3.63, 3.8) is 0 Å². The molecule has 94 valence electrons. The quantitative estimate of drug-likeness (QED) is 0.613. The maximum Gasteiger partial charge on any atom is 0.306 e. The Bertz CT molecular complexity index is 613. The van der Waals surface area contributed by atoms with Gasteiger partial charge in [-0.3, -0.25) is 10.1 Å². The number of benzene rings is 1. The number of nitro groups is 1. The highest BCUT2D eigenvalue weighted by Crippen LogP contribution is 2.33. The molecular weight excluding hydrogens is 252 g/mol. The number of aromatic nitrogens is 1. The van der Waals surface area contributed by atoms with Gasteiger partial charge in [-0.05, 0) is 30.0 Å². The van der Waals surface area contributed by atoms with Crippen LogP contribution in [0.5, 0.6) is 0 Å². The van der Waals surface area contributed by atoms with Crippen LogP contribution in [0, 0.1) is 10.1 Å². The summed E-state index contributed by atoms with van der Waals surface area (Å²) < 4.78 is 0. The summed E-state index contributed by atoms with van der Waals surface area (Å²) in [6.07, 6.45) is 2.21. The Morgan fingerprint density at radius 1 is 1.50 bits per heavy atom. The van der Waals surface area contributed by atoms with E-state index in [2.05, 4.69) is 18.8 Å². The molecule has 2 rings (SSSR count). The molecule has 0 aliphatic carbocycles.